The molecule has 0 aliphatic heterocycles. The molecular weight excluding hydrogens is 318 g/mol. The van der Waals surface area contributed by atoms with Crippen molar-refractivity contribution in [2.75, 3.05) is 11.9 Å². The van der Waals surface area contributed by atoms with Crippen LogP contribution in [-0.4, -0.2) is 22.7 Å². The number of aromatic nitrogens is 2. The number of anilines is 1. The van der Waals surface area contributed by atoms with Crippen LogP contribution >= 0.6 is 0 Å². The van der Waals surface area contributed by atoms with Crippen molar-refractivity contribution < 1.29 is 14.1 Å². The molecule has 0 bridgehead atoms. The number of ether oxygens (including phenoxy) is 1. The van der Waals surface area contributed by atoms with Crippen LogP contribution in [0.1, 0.15) is 18.3 Å². The van der Waals surface area contributed by atoms with Crippen molar-refractivity contribution in [3.63, 3.8) is 0 Å². The van der Waals surface area contributed by atoms with E-state index in [1.54, 1.807) is 12.1 Å². The van der Waals surface area contributed by atoms with Gasteiger partial charge in [0.05, 0.1) is 0 Å². The zero-order valence-corrected chi connectivity index (χ0v) is 14.2. The van der Waals surface area contributed by atoms with Crippen LogP contribution in [-0.2, 0) is 11.2 Å². The molecule has 0 aliphatic carbocycles. The highest BCUT2D eigenvalue weighted by atomic mass is 16.5. The van der Waals surface area contributed by atoms with Crippen molar-refractivity contribution >= 4 is 11.6 Å². The maximum Gasteiger partial charge on any atom is 0.262 e. The number of para-hydroxylation sites is 1. The predicted octanol–water partition coefficient (Wildman–Crippen LogP) is 3.62. The summed E-state index contributed by atoms with van der Waals surface area (Å²) in [5.41, 5.74) is 2.39. The fourth-order valence-corrected chi connectivity index (χ4v) is 2.30. The van der Waals surface area contributed by atoms with Gasteiger partial charge in [0.25, 0.3) is 11.8 Å². The molecule has 2 aromatic carbocycles. The van der Waals surface area contributed by atoms with E-state index >= 15 is 0 Å². The van der Waals surface area contributed by atoms with E-state index in [1.807, 2.05) is 50.2 Å². The normalized spacial score (nSPS) is 10.5. The Hall–Kier alpha value is -3.15. The van der Waals surface area contributed by atoms with Crippen LogP contribution in [0.15, 0.2) is 53.1 Å². The standard InChI is InChI=1S/C19H19N3O3/c1-3-17-21-19(25-22-17)14-8-6-9-15(11-14)20-18(23)12-24-16-10-5-4-7-13(16)2/h4-11H,3,12H2,1-2H3,(H,20,23). The zero-order chi connectivity index (χ0) is 17.6. The van der Waals surface area contributed by atoms with Gasteiger partial charge >= 0.3 is 0 Å². The number of aryl methyl sites for hydroxylation is 2. The van der Waals surface area contributed by atoms with E-state index in [9.17, 15) is 4.79 Å². The van der Waals surface area contributed by atoms with E-state index in [2.05, 4.69) is 15.5 Å². The van der Waals surface area contributed by atoms with E-state index in [1.165, 1.54) is 0 Å². The second-order valence-corrected chi connectivity index (χ2v) is 5.55. The Kier molecular flexibility index (Phi) is 5.09. The number of nitrogens with zero attached hydrogens (tertiary/aromatic N) is 2. The molecule has 1 amide bonds. The van der Waals surface area contributed by atoms with Crippen LogP contribution in [0.25, 0.3) is 11.5 Å². The van der Waals surface area contributed by atoms with Crippen LogP contribution in [0, 0.1) is 6.92 Å². The van der Waals surface area contributed by atoms with E-state index in [0.29, 0.717) is 29.6 Å². The first-order valence-electron chi connectivity index (χ1n) is 8.07. The molecule has 3 rings (SSSR count). The second kappa shape index (κ2) is 7.61. The van der Waals surface area contributed by atoms with Crippen molar-refractivity contribution in [1.82, 2.24) is 10.1 Å². The molecule has 0 saturated carbocycles. The fourth-order valence-electron chi connectivity index (χ4n) is 2.30. The minimum atomic E-state index is -0.236. The van der Waals surface area contributed by atoms with Crippen molar-refractivity contribution in [3.8, 4) is 17.2 Å². The summed E-state index contributed by atoms with van der Waals surface area (Å²) in [6.45, 7) is 3.83. The molecule has 3 aromatic rings. The predicted molar refractivity (Wildman–Crippen MR) is 94.4 cm³/mol. The van der Waals surface area contributed by atoms with Crippen LogP contribution in [0.3, 0.4) is 0 Å². The van der Waals surface area contributed by atoms with Gasteiger partial charge in [-0.15, -0.1) is 0 Å². The summed E-state index contributed by atoms with van der Waals surface area (Å²) in [6, 6.07) is 14.8. The largest absolute Gasteiger partial charge is 0.483 e. The Morgan fingerprint density at radius 2 is 2.04 bits per heavy atom. The molecule has 0 aliphatic rings. The van der Waals surface area contributed by atoms with Crippen LogP contribution < -0.4 is 10.1 Å². The first-order valence-corrected chi connectivity index (χ1v) is 8.07. The molecule has 6 heteroatoms. The highest BCUT2D eigenvalue weighted by molar-refractivity contribution is 5.92. The molecule has 1 N–H and O–H groups in total. The van der Waals surface area contributed by atoms with Crippen LogP contribution in [0.5, 0.6) is 5.75 Å². The van der Waals surface area contributed by atoms with Gasteiger partial charge in [0.15, 0.2) is 12.4 Å². The summed E-state index contributed by atoms with van der Waals surface area (Å²) in [6.07, 6.45) is 0.705. The first kappa shape index (κ1) is 16.7. The Morgan fingerprint density at radius 1 is 1.20 bits per heavy atom. The number of carbonyl (C=O) groups is 1. The molecule has 0 unspecified atom stereocenters. The fraction of sp³-hybridized carbons (Fsp3) is 0.211. The van der Waals surface area contributed by atoms with Gasteiger partial charge in [-0.2, -0.15) is 4.98 Å². The Labute approximate surface area is 145 Å². The molecule has 25 heavy (non-hydrogen) atoms. The zero-order valence-electron chi connectivity index (χ0n) is 14.2. The lowest BCUT2D eigenvalue weighted by atomic mass is 10.2. The lowest BCUT2D eigenvalue weighted by Crippen LogP contribution is -2.20. The third kappa shape index (κ3) is 4.23. The Morgan fingerprint density at radius 3 is 2.80 bits per heavy atom. The van der Waals surface area contributed by atoms with Gasteiger partial charge in [-0.05, 0) is 36.8 Å². The molecule has 0 atom stereocenters. The molecule has 128 valence electrons. The molecule has 1 aromatic heterocycles. The van der Waals surface area contributed by atoms with E-state index in [-0.39, 0.29) is 12.5 Å². The van der Waals surface area contributed by atoms with Gasteiger partial charge in [0, 0.05) is 17.7 Å². The highest BCUT2D eigenvalue weighted by Gasteiger charge is 2.10. The summed E-state index contributed by atoms with van der Waals surface area (Å²) in [4.78, 5) is 16.4. The van der Waals surface area contributed by atoms with Gasteiger partial charge in [0.2, 0.25) is 0 Å². The molecule has 0 fully saturated rings. The van der Waals surface area contributed by atoms with Crippen molar-refractivity contribution in [2.45, 2.75) is 20.3 Å². The third-order valence-electron chi connectivity index (χ3n) is 3.63. The van der Waals surface area contributed by atoms with Crippen LogP contribution in [0.4, 0.5) is 5.69 Å². The molecule has 0 spiro atoms. The lowest BCUT2D eigenvalue weighted by Gasteiger charge is -2.09. The second-order valence-electron chi connectivity index (χ2n) is 5.55. The van der Waals surface area contributed by atoms with Gasteiger partial charge in [-0.25, -0.2) is 0 Å². The number of hydrogen-bond acceptors (Lipinski definition) is 5. The maximum absolute atomic E-state index is 12.1. The summed E-state index contributed by atoms with van der Waals surface area (Å²) >= 11 is 0. The highest BCUT2D eigenvalue weighted by Crippen LogP contribution is 2.21. The quantitative estimate of drug-likeness (QED) is 0.743. The van der Waals surface area contributed by atoms with Crippen molar-refractivity contribution in [1.29, 1.82) is 0 Å². The molecule has 6 nitrogen and oxygen atoms in total. The number of amides is 1. The molecule has 1 heterocycles. The lowest BCUT2D eigenvalue weighted by molar-refractivity contribution is -0.118. The van der Waals surface area contributed by atoms with E-state index in [4.69, 9.17) is 9.26 Å². The average Bonchev–Trinajstić information content (AvgIpc) is 3.10. The minimum Gasteiger partial charge on any atom is -0.483 e. The molecule has 0 saturated heterocycles. The van der Waals surface area contributed by atoms with Crippen molar-refractivity contribution in [3.05, 3.63) is 59.9 Å². The third-order valence-corrected chi connectivity index (χ3v) is 3.63. The monoisotopic (exact) mass is 337 g/mol. The summed E-state index contributed by atoms with van der Waals surface area (Å²) in [7, 11) is 0. The van der Waals surface area contributed by atoms with Crippen LogP contribution in [0.2, 0.25) is 0 Å². The topological polar surface area (TPSA) is 77.2 Å². The maximum atomic E-state index is 12.1. The summed E-state index contributed by atoms with van der Waals surface area (Å²) in [5.74, 6) is 1.55. The Balaban J connectivity index is 1.63. The van der Waals surface area contributed by atoms with E-state index in [0.717, 1.165) is 11.1 Å². The summed E-state index contributed by atoms with van der Waals surface area (Å²) < 4.78 is 10.8. The van der Waals surface area contributed by atoms with Gasteiger partial charge in [-0.1, -0.05) is 36.3 Å². The Bertz CT molecular complexity index is 874. The number of hydrogen-bond donors (Lipinski definition) is 1. The average molecular weight is 337 g/mol. The SMILES string of the molecule is CCc1noc(-c2cccc(NC(=O)COc3ccccc3C)c2)n1. The number of benzene rings is 2. The first-order chi connectivity index (χ1) is 12.2. The summed E-state index contributed by atoms with van der Waals surface area (Å²) in [5, 5.41) is 6.69. The van der Waals surface area contributed by atoms with Gasteiger partial charge in [-0.3, -0.25) is 4.79 Å². The van der Waals surface area contributed by atoms with Gasteiger partial charge in [0.1, 0.15) is 5.75 Å². The minimum absolute atomic E-state index is 0.0599. The molecular formula is C19H19N3O3. The van der Waals surface area contributed by atoms with E-state index < -0.39 is 0 Å². The number of carbonyl (C=O) groups excluding carboxylic acids is 1. The smallest absolute Gasteiger partial charge is 0.262 e. The van der Waals surface area contributed by atoms with Crippen molar-refractivity contribution in [2.24, 2.45) is 0 Å². The van der Waals surface area contributed by atoms with Gasteiger partial charge < -0.3 is 14.6 Å². The number of nitrogens with one attached hydrogen (secondary N) is 1. The molecule has 0 radical (unpaired) electrons. The number of rotatable bonds is 6.